The third kappa shape index (κ3) is 8.15. The van der Waals surface area contributed by atoms with E-state index in [1.165, 1.54) is 4.88 Å². The summed E-state index contributed by atoms with van der Waals surface area (Å²) < 4.78 is 6.49. The number of halogens is 1. The molecule has 0 aliphatic heterocycles. The highest BCUT2D eigenvalue weighted by atomic mass is 79.9. The largest absolute Gasteiger partial charge is 0.444 e. The minimum Gasteiger partial charge on any atom is -0.444 e. The molecule has 0 spiro atoms. The zero-order valence-electron chi connectivity index (χ0n) is 14.4. The number of carbonyl (C=O) groups excluding carboxylic acids is 1. The number of thiophene rings is 1. The van der Waals surface area contributed by atoms with Crippen LogP contribution in [0.4, 0.5) is 4.79 Å². The number of hydrogen-bond donors (Lipinski definition) is 2. The van der Waals surface area contributed by atoms with Crippen LogP contribution in [-0.2, 0) is 4.74 Å². The lowest BCUT2D eigenvalue weighted by molar-refractivity contribution is 0.0163. The molecule has 0 aliphatic rings. The van der Waals surface area contributed by atoms with Gasteiger partial charge in [-0.3, -0.25) is 0 Å². The fraction of sp³-hybridized carbons (Fsp3) is 0.688. The van der Waals surface area contributed by atoms with Crippen molar-refractivity contribution in [3.8, 4) is 0 Å². The van der Waals surface area contributed by atoms with Gasteiger partial charge in [-0.1, -0.05) is 0 Å². The standard InChI is InChI=1S/C16H27BrN2O3S/c1-11(20)10-19(15(21)22-16(3,4)5)9-8-18-12(2)13-6-7-14(17)23-13/h6-7,11-12,18,20H,8-10H2,1-5H3. The lowest BCUT2D eigenvalue weighted by Gasteiger charge is -2.28. The van der Waals surface area contributed by atoms with Gasteiger partial charge in [0, 0.05) is 30.6 Å². The van der Waals surface area contributed by atoms with Crippen LogP contribution in [0.5, 0.6) is 0 Å². The van der Waals surface area contributed by atoms with Gasteiger partial charge in [-0.25, -0.2) is 4.79 Å². The van der Waals surface area contributed by atoms with Crippen molar-refractivity contribution < 1.29 is 14.6 Å². The van der Waals surface area contributed by atoms with Gasteiger partial charge in [-0.15, -0.1) is 11.3 Å². The Balaban J connectivity index is 2.52. The molecule has 0 saturated carbocycles. The second kappa shape index (κ2) is 9.01. The molecule has 1 heterocycles. The lowest BCUT2D eigenvalue weighted by atomic mass is 10.2. The van der Waals surface area contributed by atoms with Gasteiger partial charge in [-0.05, 0) is 62.7 Å². The summed E-state index contributed by atoms with van der Waals surface area (Å²) in [6.07, 6.45) is -0.986. The topological polar surface area (TPSA) is 61.8 Å². The van der Waals surface area contributed by atoms with Crippen molar-refractivity contribution in [2.24, 2.45) is 0 Å². The van der Waals surface area contributed by atoms with Crippen LogP contribution in [0, 0.1) is 0 Å². The fourth-order valence-electron chi connectivity index (χ4n) is 1.98. The van der Waals surface area contributed by atoms with Crippen LogP contribution in [0.15, 0.2) is 15.9 Å². The van der Waals surface area contributed by atoms with E-state index < -0.39 is 17.8 Å². The van der Waals surface area contributed by atoms with Crippen LogP contribution in [0.2, 0.25) is 0 Å². The number of ether oxygens (including phenoxy) is 1. The van der Waals surface area contributed by atoms with Crippen LogP contribution >= 0.6 is 27.3 Å². The van der Waals surface area contributed by atoms with E-state index in [4.69, 9.17) is 4.74 Å². The Morgan fingerprint density at radius 2 is 2.09 bits per heavy atom. The number of hydrogen-bond acceptors (Lipinski definition) is 5. The van der Waals surface area contributed by atoms with Gasteiger partial charge in [0.1, 0.15) is 5.60 Å². The van der Waals surface area contributed by atoms with E-state index in [2.05, 4.69) is 34.2 Å². The van der Waals surface area contributed by atoms with Crippen LogP contribution in [0.25, 0.3) is 0 Å². The Labute approximate surface area is 151 Å². The van der Waals surface area contributed by atoms with Crippen molar-refractivity contribution in [2.75, 3.05) is 19.6 Å². The lowest BCUT2D eigenvalue weighted by Crippen LogP contribution is -2.43. The van der Waals surface area contributed by atoms with Gasteiger partial charge < -0.3 is 20.1 Å². The molecular formula is C16H27BrN2O3S. The Bertz CT molecular complexity index is 500. The van der Waals surface area contributed by atoms with Gasteiger partial charge in [0.25, 0.3) is 0 Å². The molecular weight excluding hydrogens is 380 g/mol. The van der Waals surface area contributed by atoms with Crippen molar-refractivity contribution in [3.63, 3.8) is 0 Å². The zero-order chi connectivity index (χ0) is 17.6. The second-order valence-electron chi connectivity index (χ2n) is 6.59. The van der Waals surface area contributed by atoms with Crippen molar-refractivity contribution >= 4 is 33.4 Å². The molecule has 1 amide bonds. The molecule has 1 aromatic rings. The summed E-state index contributed by atoms with van der Waals surface area (Å²) in [7, 11) is 0. The Kier molecular flexibility index (Phi) is 8.00. The average Bonchev–Trinajstić information content (AvgIpc) is 2.81. The molecule has 7 heteroatoms. The average molecular weight is 407 g/mol. The van der Waals surface area contributed by atoms with Gasteiger partial charge in [0.05, 0.1) is 9.89 Å². The van der Waals surface area contributed by atoms with Crippen LogP contribution in [0.1, 0.15) is 45.5 Å². The predicted molar refractivity (Wildman–Crippen MR) is 97.9 cm³/mol. The molecule has 132 valence electrons. The van der Waals surface area contributed by atoms with E-state index in [0.29, 0.717) is 13.1 Å². The van der Waals surface area contributed by atoms with Crippen molar-refractivity contribution in [3.05, 3.63) is 20.8 Å². The molecule has 0 saturated heterocycles. The molecule has 0 bridgehead atoms. The second-order valence-corrected chi connectivity index (χ2v) is 9.09. The molecule has 2 N–H and O–H groups in total. The summed E-state index contributed by atoms with van der Waals surface area (Å²) in [4.78, 5) is 15.0. The van der Waals surface area contributed by atoms with E-state index in [1.54, 1.807) is 23.2 Å². The number of amides is 1. The summed E-state index contributed by atoms with van der Waals surface area (Å²) in [6.45, 7) is 10.6. The maximum atomic E-state index is 12.2. The highest BCUT2D eigenvalue weighted by molar-refractivity contribution is 9.11. The summed E-state index contributed by atoms with van der Waals surface area (Å²) in [6, 6.07) is 4.31. The van der Waals surface area contributed by atoms with E-state index >= 15 is 0 Å². The summed E-state index contributed by atoms with van der Waals surface area (Å²) >= 11 is 5.15. The molecule has 2 unspecified atom stereocenters. The Hall–Kier alpha value is -0.630. The molecule has 0 aliphatic carbocycles. The monoisotopic (exact) mass is 406 g/mol. The van der Waals surface area contributed by atoms with Gasteiger partial charge >= 0.3 is 6.09 Å². The predicted octanol–water partition coefficient (Wildman–Crippen LogP) is 3.78. The maximum Gasteiger partial charge on any atom is 0.410 e. The smallest absolute Gasteiger partial charge is 0.410 e. The van der Waals surface area contributed by atoms with Gasteiger partial charge in [0.15, 0.2) is 0 Å². The molecule has 2 atom stereocenters. The summed E-state index contributed by atoms with van der Waals surface area (Å²) in [5, 5.41) is 13.0. The minimum atomic E-state index is -0.590. The van der Waals surface area contributed by atoms with Crippen LogP contribution in [0.3, 0.4) is 0 Å². The van der Waals surface area contributed by atoms with E-state index in [9.17, 15) is 9.90 Å². The van der Waals surface area contributed by atoms with Crippen molar-refractivity contribution in [2.45, 2.75) is 52.4 Å². The number of rotatable bonds is 7. The molecule has 0 aromatic carbocycles. The quantitative estimate of drug-likeness (QED) is 0.722. The first-order chi connectivity index (χ1) is 10.6. The maximum absolute atomic E-state index is 12.2. The fourth-order valence-corrected chi connectivity index (χ4v) is 3.43. The van der Waals surface area contributed by atoms with E-state index in [0.717, 1.165) is 3.79 Å². The first kappa shape index (κ1) is 20.4. The molecule has 5 nitrogen and oxygen atoms in total. The number of nitrogens with one attached hydrogen (secondary N) is 1. The summed E-state index contributed by atoms with van der Waals surface area (Å²) in [5.41, 5.74) is -0.544. The molecule has 23 heavy (non-hydrogen) atoms. The highest BCUT2D eigenvalue weighted by Crippen LogP contribution is 2.26. The van der Waals surface area contributed by atoms with Crippen molar-refractivity contribution in [1.82, 2.24) is 10.2 Å². The molecule has 0 radical (unpaired) electrons. The number of aliphatic hydroxyl groups is 1. The molecule has 1 rings (SSSR count). The third-order valence-corrected chi connectivity index (χ3v) is 4.80. The Morgan fingerprint density at radius 3 is 2.57 bits per heavy atom. The van der Waals surface area contributed by atoms with Gasteiger partial charge in [0.2, 0.25) is 0 Å². The Morgan fingerprint density at radius 1 is 1.43 bits per heavy atom. The van der Waals surface area contributed by atoms with Crippen LogP contribution in [-0.4, -0.2) is 47.4 Å². The van der Waals surface area contributed by atoms with Crippen molar-refractivity contribution in [1.29, 1.82) is 0 Å². The molecule has 1 aromatic heterocycles. The normalized spacial score (nSPS) is 14.4. The van der Waals surface area contributed by atoms with Gasteiger partial charge in [-0.2, -0.15) is 0 Å². The summed E-state index contributed by atoms with van der Waals surface area (Å²) in [5.74, 6) is 0. The number of aliphatic hydroxyl groups excluding tert-OH is 1. The number of carbonyl (C=O) groups is 1. The van der Waals surface area contributed by atoms with Crippen LogP contribution < -0.4 is 5.32 Å². The zero-order valence-corrected chi connectivity index (χ0v) is 16.8. The third-order valence-electron chi connectivity index (χ3n) is 2.99. The minimum absolute atomic E-state index is 0.207. The highest BCUT2D eigenvalue weighted by Gasteiger charge is 2.23. The SMILES string of the molecule is CC(O)CN(CCNC(C)c1ccc(Br)s1)C(=O)OC(C)(C)C. The number of nitrogens with zero attached hydrogens (tertiary/aromatic N) is 1. The van der Waals surface area contributed by atoms with E-state index in [1.807, 2.05) is 26.8 Å². The first-order valence-electron chi connectivity index (χ1n) is 7.73. The first-order valence-corrected chi connectivity index (χ1v) is 9.34. The molecule has 0 fully saturated rings. The van der Waals surface area contributed by atoms with E-state index in [-0.39, 0.29) is 12.6 Å².